The fourth-order valence-electron chi connectivity index (χ4n) is 6.37. The van der Waals surface area contributed by atoms with Crippen LogP contribution in [0.3, 0.4) is 0 Å². The van der Waals surface area contributed by atoms with Gasteiger partial charge in [-0.15, -0.1) is 0 Å². The number of benzene rings is 2. The summed E-state index contributed by atoms with van der Waals surface area (Å²) in [6.45, 7) is 6.24. The van der Waals surface area contributed by atoms with Crippen molar-refractivity contribution in [3.63, 3.8) is 0 Å². The van der Waals surface area contributed by atoms with Gasteiger partial charge in [0.2, 0.25) is 11.8 Å². The number of amides is 3. The zero-order chi connectivity index (χ0) is 27.9. The van der Waals surface area contributed by atoms with Crippen LogP contribution in [0.1, 0.15) is 40.7 Å². The Balaban J connectivity index is 0.974. The van der Waals surface area contributed by atoms with E-state index in [9.17, 15) is 14.4 Å². The molecule has 41 heavy (non-hydrogen) atoms. The molecule has 1 unspecified atom stereocenters. The Labute approximate surface area is 238 Å². The molecule has 1 N–H and O–H groups in total. The molecule has 0 bridgehead atoms. The Morgan fingerprint density at radius 3 is 2.73 bits per heavy atom. The number of pyridine rings is 1. The molecule has 3 fully saturated rings. The van der Waals surface area contributed by atoms with E-state index in [-0.39, 0.29) is 24.3 Å². The van der Waals surface area contributed by atoms with Gasteiger partial charge in [0.05, 0.1) is 30.6 Å². The third-order valence-electron chi connectivity index (χ3n) is 8.54. The van der Waals surface area contributed by atoms with Crippen LogP contribution in [0.15, 0.2) is 48.7 Å². The molecule has 2 aromatic carbocycles. The summed E-state index contributed by atoms with van der Waals surface area (Å²) >= 11 is 0. The van der Waals surface area contributed by atoms with Gasteiger partial charge in [-0.3, -0.25) is 29.6 Å². The Hall–Kier alpha value is -4.02. The molecule has 212 valence electrons. The lowest BCUT2D eigenvalue weighted by Crippen LogP contribution is -2.52. The molecule has 10 nitrogen and oxygen atoms in total. The Bertz CT molecular complexity index is 1520. The lowest BCUT2D eigenvalue weighted by Gasteiger charge is -2.29. The first kappa shape index (κ1) is 25.9. The molecule has 0 radical (unpaired) electrons. The van der Waals surface area contributed by atoms with Crippen molar-refractivity contribution in [2.75, 3.05) is 44.3 Å². The second-order valence-electron chi connectivity index (χ2n) is 11.3. The molecule has 0 saturated carbocycles. The maximum atomic E-state index is 13.0. The predicted octanol–water partition coefficient (Wildman–Crippen LogP) is 2.49. The number of piperidine rings is 1. The number of morpholine rings is 1. The van der Waals surface area contributed by atoms with Gasteiger partial charge in [0.15, 0.2) is 0 Å². The van der Waals surface area contributed by atoms with Crippen LogP contribution >= 0.6 is 0 Å². The predicted molar refractivity (Wildman–Crippen MR) is 152 cm³/mol. The third kappa shape index (κ3) is 5.25. The number of likely N-dealkylation sites (tertiary alicyclic amines) is 1. The molecule has 3 amide bonds. The SMILES string of the molecule is O=C1CCC(N2Cc3cc(O[C@H]4CCN(Cc5ccc6ncc(N7CCOCC7)cc6c5)C4)ccc3C2=O)C(=O)N1. The number of nitrogens with one attached hydrogen (secondary N) is 1. The zero-order valence-electron chi connectivity index (χ0n) is 22.9. The minimum absolute atomic E-state index is 0.0615. The molecule has 0 aliphatic carbocycles. The quantitative estimate of drug-likeness (QED) is 0.463. The summed E-state index contributed by atoms with van der Waals surface area (Å²) in [7, 11) is 0. The van der Waals surface area contributed by atoms with Crippen LogP contribution in [0.25, 0.3) is 10.9 Å². The molecule has 4 aliphatic heterocycles. The van der Waals surface area contributed by atoms with Gasteiger partial charge in [-0.05, 0) is 60.4 Å². The Morgan fingerprint density at radius 2 is 1.88 bits per heavy atom. The number of rotatable bonds is 6. The maximum Gasteiger partial charge on any atom is 0.255 e. The third-order valence-corrected chi connectivity index (χ3v) is 8.54. The summed E-state index contributed by atoms with van der Waals surface area (Å²) in [6.07, 6.45) is 3.54. The van der Waals surface area contributed by atoms with E-state index in [0.29, 0.717) is 18.5 Å². The van der Waals surface area contributed by atoms with Crippen molar-refractivity contribution >= 4 is 34.3 Å². The number of anilines is 1. The first-order valence-electron chi connectivity index (χ1n) is 14.4. The number of carbonyl (C=O) groups is 3. The average molecular weight is 556 g/mol. The number of hydrogen-bond donors (Lipinski definition) is 1. The molecule has 0 spiro atoms. The van der Waals surface area contributed by atoms with Crippen molar-refractivity contribution in [1.82, 2.24) is 20.1 Å². The minimum atomic E-state index is -0.614. The fraction of sp³-hybridized carbons (Fsp3) is 0.419. The van der Waals surface area contributed by atoms with Crippen LogP contribution in [0.4, 0.5) is 5.69 Å². The first-order valence-corrected chi connectivity index (χ1v) is 14.4. The number of fused-ring (bicyclic) bond motifs is 2. The van der Waals surface area contributed by atoms with Crippen LogP contribution in [-0.2, 0) is 27.4 Å². The molecular weight excluding hydrogens is 522 g/mol. The molecule has 3 aromatic rings. The van der Waals surface area contributed by atoms with E-state index in [0.717, 1.165) is 80.3 Å². The van der Waals surface area contributed by atoms with E-state index in [1.165, 1.54) is 5.56 Å². The number of nitrogens with zero attached hydrogens (tertiary/aromatic N) is 4. The van der Waals surface area contributed by atoms with Crippen molar-refractivity contribution in [1.29, 1.82) is 0 Å². The molecule has 2 atom stereocenters. The van der Waals surface area contributed by atoms with E-state index < -0.39 is 11.9 Å². The number of hydrogen-bond acceptors (Lipinski definition) is 8. The summed E-state index contributed by atoms with van der Waals surface area (Å²) in [5.41, 5.74) is 4.85. The van der Waals surface area contributed by atoms with Gasteiger partial charge in [0.25, 0.3) is 5.91 Å². The highest BCUT2D eigenvalue weighted by molar-refractivity contribution is 6.05. The van der Waals surface area contributed by atoms with Gasteiger partial charge in [-0.2, -0.15) is 0 Å². The van der Waals surface area contributed by atoms with Gasteiger partial charge >= 0.3 is 0 Å². The van der Waals surface area contributed by atoms with Crippen molar-refractivity contribution < 1.29 is 23.9 Å². The smallest absolute Gasteiger partial charge is 0.255 e. The number of imide groups is 1. The number of ether oxygens (including phenoxy) is 2. The number of carbonyl (C=O) groups excluding carboxylic acids is 3. The molecule has 4 aliphatic rings. The van der Waals surface area contributed by atoms with Gasteiger partial charge in [-0.25, -0.2) is 0 Å². The summed E-state index contributed by atoms with van der Waals surface area (Å²) in [6, 6.07) is 13.7. The lowest BCUT2D eigenvalue weighted by molar-refractivity contribution is -0.136. The van der Waals surface area contributed by atoms with Gasteiger partial charge in [0.1, 0.15) is 17.9 Å². The van der Waals surface area contributed by atoms with E-state index in [2.05, 4.69) is 44.4 Å². The Kier molecular flexibility index (Phi) is 6.80. The molecule has 5 heterocycles. The molecule has 3 saturated heterocycles. The van der Waals surface area contributed by atoms with Crippen LogP contribution in [0.2, 0.25) is 0 Å². The highest BCUT2D eigenvalue weighted by Crippen LogP contribution is 2.31. The topological polar surface area (TPSA) is 104 Å². The normalized spacial score (nSPS) is 23.3. The second-order valence-corrected chi connectivity index (χ2v) is 11.3. The average Bonchev–Trinajstić information content (AvgIpc) is 3.56. The second kappa shape index (κ2) is 10.8. The van der Waals surface area contributed by atoms with Crippen molar-refractivity contribution in [2.45, 2.75) is 44.5 Å². The maximum absolute atomic E-state index is 13.0. The molecule has 7 rings (SSSR count). The standard InChI is InChI=1S/C31H33N5O5/c37-29-6-5-28(30(38)33-29)36-18-22-15-24(2-3-26(22)31(36)39)41-25-7-8-34(19-25)17-20-1-4-27-21(13-20)14-23(16-32-27)35-9-11-40-12-10-35/h1-4,13-16,25,28H,5-12,17-19H2,(H,33,37,38)/t25-,28?/m0/s1. The van der Waals surface area contributed by atoms with Gasteiger partial charge in [-0.1, -0.05) is 6.07 Å². The van der Waals surface area contributed by atoms with Gasteiger partial charge in [0, 0.05) is 56.6 Å². The lowest BCUT2D eigenvalue weighted by atomic mass is 10.0. The zero-order valence-corrected chi connectivity index (χ0v) is 22.9. The van der Waals surface area contributed by atoms with E-state index in [1.54, 1.807) is 11.0 Å². The van der Waals surface area contributed by atoms with Gasteiger partial charge < -0.3 is 19.3 Å². The largest absolute Gasteiger partial charge is 0.489 e. The minimum Gasteiger partial charge on any atom is -0.489 e. The van der Waals surface area contributed by atoms with E-state index >= 15 is 0 Å². The summed E-state index contributed by atoms with van der Waals surface area (Å²) in [4.78, 5) is 47.8. The van der Waals surface area contributed by atoms with Crippen molar-refractivity contribution in [3.8, 4) is 5.75 Å². The molecule has 10 heteroatoms. The van der Waals surface area contributed by atoms with Crippen LogP contribution < -0.4 is 15.0 Å². The summed E-state index contributed by atoms with van der Waals surface area (Å²) in [5, 5.41) is 3.50. The summed E-state index contributed by atoms with van der Waals surface area (Å²) in [5.74, 6) is -0.117. The summed E-state index contributed by atoms with van der Waals surface area (Å²) < 4.78 is 11.8. The highest BCUT2D eigenvalue weighted by Gasteiger charge is 2.39. The van der Waals surface area contributed by atoms with Crippen LogP contribution in [0.5, 0.6) is 5.75 Å². The van der Waals surface area contributed by atoms with E-state index in [1.807, 2.05) is 18.3 Å². The molecular formula is C31H33N5O5. The van der Waals surface area contributed by atoms with Crippen LogP contribution in [0, 0.1) is 0 Å². The van der Waals surface area contributed by atoms with Crippen molar-refractivity contribution in [3.05, 3.63) is 65.4 Å². The van der Waals surface area contributed by atoms with E-state index in [4.69, 9.17) is 9.47 Å². The highest BCUT2D eigenvalue weighted by atomic mass is 16.5. The Morgan fingerprint density at radius 1 is 1.00 bits per heavy atom. The van der Waals surface area contributed by atoms with Crippen LogP contribution in [-0.4, -0.2) is 84.0 Å². The molecule has 1 aromatic heterocycles. The van der Waals surface area contributed by atoms with Crippen molar-refractivity contribution in [2.24, 2.45) is 0 Å². The fourth-order valence-corrected chi connectivity index (χ4v) is 6.37. The monoisotopic (exact) mass is 555 g/mol. The first-order chi connectivity index (χ1) is 20.0. The number of aromatic nitrogens is 1.